The predicted octanol–water partition coefficient (Wildman–Crippen LogP) is 4.50. The van der Waals surface area contributed by atoms with Crippen molar-refractivity contribution in [3.63, 3.8) is 0 Å². The van der Waals surface area contributed by atoms with Crippen LogP contribution in [0.15, 0.2) is 41.3 Å². The van der Waals surface area contributed by atoms with Crippen LogP contribution in [0.25, 0.3) is 6.08 Å². The number of ether oxygens (including phenoxy) is 1. The van der Waals surface area contributed by atoms with Gasteiger partial charge in [0.2, 0.25) is 0 Å². The largest absolute Gasteiger partial charge is 0.480 e. The van der Waals surface area contributed by atoms with Gasteiger partial charge < -0.3 is 9.84 Å². The van der Waals surface area contributed by atoms with E-state index >= 15 is 0 Å². The van der Waals surface area contributed by atoms with Crippen molar-refractivity contribution in [2.24, 2.45) is 0 Å². The molecule has 9 nitrogen and oxygen atoms in total. The van der Waals surface area contributed by atoms with Crippen molar-refractivity contribution in [2.75, 3.05) is 6.61 Å². The summed E-state index contributed by atoms with van der Waals surface area (Å²) in [4.78, 5) is 47.5. The van der Waals surface area contributed by atoms with Crippen LogP contribution >= 0.6 is 56.9 Å². The van der Waals surface area contributed by atoms with Crippen LogP contribution in [0.5, 0.6) is 5.75 Å². The monoisotopic (exact) mass is 666 g/mol. The molecule has 1 fully saturated rings. The number of carboxylic acids is 1. The minimum Gasteiger partial charge on any atom is -0.480 e. The van der Waals surface area contributed by atoms with Crippen LogP contribution in [0.4, 0.5) is 10.5 Å². The zero-order valence-corrected chi connectivity index (χ0v) is 20.5. The Kier molecular flexibility index (Phi) is 7.53. The second kappa shape index (κ2) is 9.95. The average molecular weight is 666 g/mol. The van der Waals surface area contributed by atoms with Gasteiger partial charge in [-0.2, -0.15) is 0 Å². The summed E-state index contributed by atoms with van der Waals surface area (Å²) in [7, 11) is 0. The number of nitrogens with zero attached hydrogens (tertiary/aromatic N) is 2. The number of carboxylic acid groups (broad SMARTS) is 1. The molecule has 1 N–H and O–H groups in total. The molecule has 160 valence electrons. The molecule has 12 heteroatoms. The van der Waals surface area contributed by atoms with Gasteiger partial charge in [-0.3, -0.25) is 24.6 Å². The third-order valence-corrected chi connectivity index (χ3v) is 6.50. The van der Waals surface area contributed by atoms with Crippen LogP contribution < -0.4 is 4.74 Å². The maximum absolute atomic E-state index is 12.7. The van der Waals surface area contributed by atoms with Crippen LogP contribution in [0.2, 0.25) is 0 Å². The number of carbonyl (C=O) groups excluding carboxylic acids is 2. The van der Waals surface area contributed by atoms with E-state index < -0.39 is 28.6 Å². The van der Waals surface area contributed by atoms with Crippen molar-refractivity contribution in [2.45, 2.75) is 6.54 Å². The van der Waals surface area contributed by atoms with Gasteiger partial charge in [-0.15, -0.1) is 0 Å². The number of non-ortho nitro benzene ring substituents is 1. The van der Waals surface area contributed by atoms with Gasteiger partial charge >= 0.3 is 5.97 Å². The van der Waals surface area contributed by atoms with Gasteiger partial charge in [-0.05, 0) is 86.3 Å². The van der Waals surface area contributed by atoms with Crippen molar-refractivity contribution in [1.82, 2.24) is 4.90 Å². The van der Waals surface area contributed by atoms with E-state index in [1.165, 1.54) is 18.2 Å². The normalized spacial score (nSPS) is 14.9. The number of benzene rings is 2. The molecule has 0 bridgehead atoms. The Hall–Kier alpha value is -2.20. The maximum Gasteiger partial charge on any atom is 0.341 e. The topological polar surface area (TPSA) is 127 Å². The zero-order valence-electron chi connectivity index (χ0n) is 15.4. The number of hydrogen-bond acceptors (Lipinski definition) is 7. The van der Waals surface area contributed by atoms with E-state index in [-0.39, 0.29) is 17.1 Å². The van der Waals surface area contributed by atoms with E-state index in [1.54, 1.807) is 24.3 Å². The zero-order chi connectivity index (χ0) is 22.7. The summed E-state index contributed by atoms with van der Waals surface area (Å²) < 4.78 is 6.60. The standard InChI is InChI=1S/C19H12I2N2O7S/c20-13-5-11(6-14(21)17(13)30-9-16(24)25)7-15-18(26)22(19(27)31-15)8-10-2-1-3-12(4-10)23(28)29/h1-7H,8-9H2,(H,24,25)/b15-7+. The molecule has 2 aromatic rings. The number of imide groups is 1. The Morgan fingerprint density at radius 2 is 1.90 bits per heavy atom. The molecule has 31 heavy (non-hydrogen) atoms. The molecule has 2 amide bonds. The average Bonchev–Trinajstić information content (AvgIpc) is 2.94. The quantitative estimate of drug-likeness (QED) is 0.198. The summed E-state index contributed by atoms with van der Waals surface area (Å²) in [6.07, 6.45) is 1.57. The molecule has 1 aliphatic heterocycles. The first-order valence-electron chi connectivity index (χ1n) is 8.48. The molecule has 0 unspecified atom stereocenters. The van der Waals surface area contributed by atoms with Crippen LogP contribution in [0, 0.1) is 17.3 Å². The summed E-state index contributed by atoms with van der Waals surface area (Å²) in [5, 5.41) is 19.2. The van der Waals surface area contributed by atoms with Gasteiger partial charge in [0.1, 0.15) is 5.75 Å². The number of rotatable bonds is 7. The molecule has 3 rings (SSSR count). The summed E-state index contributed by atoms with van der Waals surface area (Å²) >= 11 is 4.80. The SMILES string of the molecule is O=C(O)COc1c(I)cc(/C=C2/SC(=O)N(Cc3cccc([N+](=O)[O-])c3)C2=O)cc1I. The van der Waals surface area contributed by atoms with Crippen LogP contribution in [0.3, 0.4) is 0 Å². The number of nitro benzene ring substituents is 1. The van der Waals surface area contributed by atoms with Crippen molar-refractivity contribution < 1.29 is 29.2 Å². The fourth-order valence-corrected chi connectivity index (χ4v) is 5.64. The molecule has 0 aliphatic carbocycles. The first-order valence-corrected chi connectivity index (χ1v) is 11.5. The van der Waals surface area contributed by atoms with Gasteiger partial charge in [-0.25, -0.2) is 4.79 Å². The number of amides is 2. The minimum atomic E-state index is -1.09. The van der Waals surface area contributed by atoms with E-state index in [1.807, 2.05) is 45.2 Å². The molecule has 0 spiro atoms. The van der Waals surface area contributed by atoms with E-state index in [9.17, 15) is 24.5 Å². The Labute approximate surface area is 207 Å². The highest BCUT2D eigenvalue weighted by atomic mass is 127. The third-order valence-electron chi connectivity index (χ3n) is 3.99. The number of nitro groups is 1. The first-order chi connectivity index (χ1) is 14.7. The molecule has 0 atom stereocenters. The highest BCUT2D eigenvalue weighted by Gasteiger charge is 2.35. The van der Waals surface area contributed by atoms with Crippen molar-refractivity contribution in [3.8, 4) is 5.75 Å². The molecular weight excluding hydrogens is 654 g/mol. The van der Waals surface area contributed by atoms with Crippen LogP contribution in [-0.4, -0.2) is 38.7 Å². The van der Waals surface area contributed by atoms with E-state index in [0.29, 0.717) is 24.0 Å². The number of halogens is 2. The lowest BCUT2D eigenvalue weighted by molar-refractivity contribution is -0.384. The van der Waals surface area contributed by atoms with E-state index in [0.717, 1.165) is 16.7 Å². The summed E-state index contributed by atoms with van der Waals surface area (Å²) in [5.41, 5.74) is 1.01. The molecule has 1 aliphatic rings. The van der Waals surface area contributed by atoms with Gasteiger partial charge in [-0.1, -0.05) is 12.1 Å². The van der Waals surface area contributed by atoms with Crippen LogP contribution in [0.1, 0.15) is 11.1 Å². The van der Waals surface area contributed by atoms with Crippen molar-refractivity contribution in [3.05, 3.63) is 69.7 Å². The second-order valence-corrected chi connectivity index (χ2v) is 9.51. The van der Waals surface area contributed by atoms with Gasteiger partial charge in [0.25, 0.3) is 16.8 Å². The molecule has 0 radical (unpaired) electrons. The molecule has 2 aromatic carbocycles. The third kappa shape index (κ3) is 5.74. The summed E-state index contributed by atoms with van der Waals surface area (Å²) in [5.74, 6) is -1.15. The minimum absolute atomic E-state index is 0.0687. The first kappa shape index (κ1) is 23.5. The van der Waals surface area contributed by atoms with Gasteiger partial charge in [0.05, 0.1) is 23.5 Å². The summed E-state index contributed by atoms with van der Waals surface area (Å²) in [6.45, 7) is -0.539. The lowest BCUT2D eigenvalue weighted by atomic mass is 10.2. The van der Waals surface area contributed by atoms with Gasteiger partial charge in [0, 0.05) is 12.1 Å². The number of hydrogen-bond donors (Lipinski definition) is 1. The van der Waals surface area contributed by atoms with Crippen molar-refractivity contribution in [1.29, 1.82) is 0 Å². The highest BCUT2D eigenvalue weighted by molar-refractivity contribution is 14.1. The maximum atomic E-state index is 12.7. The molecule has 0 aromatic heterocycles. The lowest BCUT2D eigenvalue weighted by Crippen LogP contribution is -2.27. The van der Waals surface area contributed by atoms with Crippen LogP contribution in [-0.2, 0) is 16.1 Å². The smallest absolute Gasteiger partial charge is 0.341 e. The van der Waals surface area contributed by atoms with Crippen molar-refractivity contribution >= 4 is 85.8 Å². The highest BCUT2D eigenvalue weighted by Crippen LogP contribution is 2.35. The predicted molar refractivity (Wildman–Crippen MR) is 130 cm³/mol. The molecule has 0 saturated carbocycles. The Balaban J connectivity index is 1.81. The molecule has 1 saturated heterocycles. The number of carbonyl (C=O) groups is 3. The number of aliphatic carboxylic acids is 1. The Bertz CT molecular complexity index is 1110. The number of thioether (sulfide) groups is 1. The fourth-order valence-electron chi connectivity index (χ4n) is 2.67. The Morgan fingerprint density at radius 1 is 1.23 bits per heavy atom. The van der Waals surface area contributed by atoms with Gasteiger partial charge in [0.15, 0.2) is 6.61 Å². The van der Waals surface area contributed by atoms with E-state index in [4.69, 9.17) is 9.84 Å². The molecule has 1 heterocycles. The molecular formula is C19H12I2N2O7S. The summed E-state index contributed by atoms with van der Waals surface area (Å²) in [6, 6.07) is 9.21. The second-order valence-electron chi connectivity index (χ2n) is 6.19. The Morgan fingerprint density at radius 3 is 2.52 bits per heavy atom. The van der Waals surface area contributed by atoms with E-state index in [2.05, 4.69) is 0 Å². The lowest BCUT2D eigenvalue weighted by Gasteiger charge is -2.12. The fraction of sp³-hybridized carbons (Fsp3) is 0.105.